The molecule has 0 radical (unpaired) electrons. The van der Waals surface area contributed by atoms with Gasteiger partial charge in [-0.1, -0.05) is 24.3 Å². The van der Waals surface area contributed by atoms with E-state index in [1.54, 1.807) is 37.6 Å². The molecule has 3 rings (SSSR count). The van der Waals surface area contributed by atoms with Crippen molar-refractivity contribution in [1.29, 1.82) is 0 Å². The number of nitrogens with one attached hydrogen (secondary N) is 2. The summed E-state index contributed by atoms with van der Waals surface area (Å²) in [6.07, 6.45) is 1.57. The van der Waals surface area contributed by atoms with Crippen molar-refractivity contribution in [3.05, 3.63) is 72.7 Å². The molecule has 1 unspecified atom stereocenters. The first kappa shape index (κ1) is 20.2. The van der Waals surface area contributed by atoms with Gasteiger partial charge in [0.1, 0.15) is 11.6 Å². The minimum Gasteiger partial charge on any atom is -0.383 e. The maximum absolute atomic E-state index is 13.5. The lowest BCUT2D eigenvalue weighted by Gasteiger charge is -2.23. The van der Waals surface area contributed by atoms with Gasteiger partial charge in [0, 0.05) is 31.1 Å². The van der Waals surface area contributed by atoms with Crippen molar-refractivity contribution in [2.24, 2.45) is 0 Å². The van der Waals surface area contributed by atoms with Crippen LogP contribution in [0.15, 0.2) is 66.9 Å². The van der Waals surface area contributed by atoms with Gasteiger partial charge in [-0.25, -0.2) is 19.1 Å². The van der Waals surface area contributed by atoms with Gasteiger partial charge in [0.25, 0.3) is 0 Å². The summed E-state index contributed by atoms with van der Waals surface area (Å²) in [6, 6.07) is 15.9. The van der Waals surface area contributed by atoms with Crippen LogP contribution < -0.4 is 15.5 Å². The normalized spacial score (nSPS) is 11.6. The van der Waals surface area contributed by atoms with Crippen LogP contribution in [-0.4, -0.2) is 35.8 Å². The van der Waals surface area contributed by atoms with Crippen LogP contribution in [-0.2, 0) is 4.74 Å². The number of aromatic nitrogens is 2. The van der Waals surface area contributed by atoms with Gasteiger partial charge in [0.15, 0.2) is 0 Å². The third kappa shape index (κ3) is 5.49. The fourth-order valence-corrected chi connectivity index (χ4v) is 2.73. The molecule has 2 amide bonds. The number of carbonyl (C=O) groups is 1. The number of anilines is 4. The van der Waals surface area contributed by atoms with E-state index in [2.05, 4.69) is 20.6 Å². The molecule has 7 nitrogen and oxygen atoms in total. The Hall–Kier alpha value is -3.52. The predicted molar refractivity (Wildman–Crippen MR) is 111 cm³/mol. The number of hydrogen-bond acceptors (Lipinski definition) is 5. The van der Waals surface area contributed by atoms with Crippen LogP contribution in [0.3, 0.4) is 0 Å². The summed E-state index contributed by atoms with van der Waals surface area (Å²) in [5.74, 6) is 0.300. The van der Waals surface area contributed by atoms with Gasteiger partial charge in [-0.2, -0.15) is 4.98 Å². The zero-order valence-corrected chi connectivity index (χ0v) is 16.2. The van der Waals surface area contributed by atoms with E-state index >= 15 is 0 Å². The highest BCUT2D eigenvalue weighted by atomic mass is 19.1. The lowest BCUT2D eigenvalue weighted by atomic mass is 10.3. The Kier molecular flexibility index (Phi) is 6.70. The monoisotopic (exact) mass is 395 g/mol. The molecule has 0 aliphatic rings. The maximum Gasteiger partial charge on any atom is 0.332 e. The third-order valence-corrected chi connectivity index (χ3v) is 3.96. The first-order valence-electron chi connectivity index (χ1n) is 9.07. The summed E-state index contributed by atoms with van der Waals surface area (Å²) >= 11 is 0. The van der Waals surface area contributed by atoms with Crippen LogP contribution in [0.4, 0.5) is 32.3 Å². The number of ether oxygens (including phenoxy) is 1. The number of rotatable bonds is 7. The smallest absolute Gasteiger partial charge is 0.332 e. The maximum atomic E-state index is 13.5. The molecule has 0 saturated heterocycles. The van der Waals surface area contributed by atoms with Crippen molar-refractivity contribution in [2.45, 2.75) is 13.0 Å². The van der Waals surface area contributed by atoms with Gasteiger partial charge in [-0.15, -0.1) is 0 Å². The number of carbonyl (C=O) groups excluding carboxylic acids is 1. The third-order valence-electron chi connectivity index (χ3n) is 3.96. The van der Waals surface area contributed by atoms with E-state index in [4.69, 9.17) is 4.74 Å². The van der Waals surface area contributed by atoms with E-state index in [9.17, 15) is 9.18 Å². The predicted octanol–water partition coefficient (Wildman–Crippen LogP) is 4.43. The second kappa shape index (κ2) is 9.61. The molecule has 1 aromatic heterocycles. The van der Waals surface area contributed by atoms with E-state index < -0.39 is 11.8 Å². The molecule has 29 heavy (non-hydrogen) atoms. The van der Waals surface area contributed by atoms with E-state index in [1.165, 1.54) is 23.1 Å². The highest BCUT2D eigenvalue weighted by molar-refractivity contribution is 6.06. The molecule has 2 aromatic carbocycles. The molecular formula is C21H22FN5O2. The molecule has 0 saturated carbocycles. The summed E-state index contributed by atoms with van der Waals surface area (Å²) in [7, 11) is 1.61. The minimum atomic E-state index is -0.476. The average Bonchev–Trinajstić information content (AvgIpc) is 2.69. The molecule has 0 aliphatic carbocycles. The SMILES string of the molecule is COCC(C)Nc1nccc(N(C(=O)Nc2cccc(F)c2)c2ccccc2)n1. The number of benzene rings is 2. The molecular weight excluding hydrogens is 373 g/mol. The molecule has 2 N–H and O–H groups in total. The molecule has 0 aliphatic heterocycles. The van der Waals surface area contributed by atoms with E-state index in [1.807, 2.05) is 25.1 Å². The standard InChI is InChI=1S/C21H22FN5O2/c1-15(14-29-2)24-20-23-12-11-19(26-20)27(18-9-4-3-5-10-18)21(28)25-17-8-6-7-16(22)13-17/h3-13,15H,14H2,1-2H3,(H,25,28)(H,23,24,26). The number of hydrogen-bond donors (Lipinski definition) is 2. The van der Waals surface area contributed by atoms with Crippen molar-refractivity contribution < 1.29 is 13.9 Å². The van der Waals surface area contributed by atoms with Crippen molar-refractivity contribution in [2.75, 3.05) is 29.3 Å². The van der Waals surface area contributed by atoms with Crippen LogP contribution in [0.2, 0.25) is 0 Å². The Morgan fingerprint density at radius 1 is 1.17 bits per heavy atom. The van der Waals surface area contributed by atoms with E-state index in [0.717, 1.165) is 0 Å². The molecule has 0 bridgehead atoms. The Morgan fingerprint density at radius 2 is 1.97 bits per heavy atom. The Morgan fingerprint density at radius 3 is 2.69 bits per heavy atom. The molecule has 3 aromatic rings. The van der Waals surface area contributed by atoms with Gasteiger partial charge in [-0.05, 0) is 37.3 Å². The summed E-state index contributed by atoms with van der Waals surface area (Å²) in [5, 5.41) is 5.84. The van der Waals surface area contributed by atoms with Crippen LogP contribution in [0.5, 0.6) is 0 Å². The first-order chi connectivity index (χ1) is 14.1. The van der Waals surface area contributed by atoms with E-state index in [-0.39, 0.29) is 6.04 Å². The highest BCUT2D eigenvalue weighted by Gasteiger charge is 2.20. The zero-order chi connectivity index (χ0) is 20.6. The van der Waals surface area contributed by atoms with Crippen molar-refractivity contribution in [3.8, 4) is 0 Å². The van der Waals surface area contributed by atoms with Crippen LogP contribution in [0.1, 0.15) is 6.92 Å². The fourth-order valence-electron chi connectivity index (χ4n) is 2.73. The van der Waals surface area contributed by atoms with Crippen LogP contribution in [0, 0.1) is 5.82 Å². The lowest BCUT2D eigenvalue weighted by Crippen LogP contribution is -2.32. The summed E-state index contributed by atoms with van der Waals surface area (Å²) in [5.41, 5.74) is 0.952. The summed E-state index contributed by atoms with van der Waals surface area (Å²) < 4.78 is 18.6. The zero-order valence-electron chi connectivity index (χ0n) is 16.2. The quantitative estimate of drug-likeness (QED) is 0.619. The largest absolute Gasteiger partial charge is 0.383 e. The van der Waals surface area contributed by atoms with Crippen molar-refractivity contribution in [1.82, 2.24) is 9.97 Å². The van der Waals surface area contributed by atoms with Gasteiger partial charge in [-0.3, -0.25) is 0 Å². The Labute approximate surface area is 168 Å². The number of para-hydroxylation sites is 1. The fraction of sp³-hybridized carbons (Fsp3) is 0.190. The van der Waals surface area contributed by atoms with Gasteiger partial charge < -0.3 is 15.4 Å². The topological polar surface area (TPSA) is 79.4 Å². The molecule has 150 valence electrons. The number of nitrogens with zero attached hydrogens (tertiary/aromatic N) is 3. The van der Waals surface area contributed by atoms with E-state index in [0.29, 0.717) is 29.7 Å². The summed E-state index contributed by atoms with van der Waals surface area (Å²) in [6.45, 7) is 2.42. The minimum absolute atomic E-state index is 0.0125. The second-order valence-electron chi connectivity index (χ2n) is 6.35. The highest BCUT2D eigenvalue weighted by Crippen LogP contribution is 2.25. The Bertz CT molecular complexity index is 955. The van der Waals surface area contributed by atoms with Gasteiger partial charge in [0.05, 0.1) is 12.3 Å². The molecule has 1 heterocycles. The van der Waals surface area contributed by atoms with Crippen molar-refractivity contribution in [3.63, 3.8) is 0 Å². The lowest BCUT2D eigenvalue weighted by molar-refractivity contribution is 0.190. The number of halogens is 1. The number of amides is 2. The molecule has 8 heteroatoms. The summed E-state index contributed by atoms with van der Waals surface area (Å²) in [4.78, 5) is 23.1. The second-order valence-corrected chi connectivity index (χ2v) is 6.35. The molecule has 0 fully saturated rings. The van der Waals surface area contributed by atoms with Crippen LogP contribution in [0.25, 0.3) is 0 Å². The molecule has 1 atom stereocenters. The van der Waals surface area contributed by atoms with Gasteiger partial charge >= 0.3 is 6.03 Å². The number of urea groups is 1. The van der Waals surface area contributed by atoms with Crippen molar-refractivity contribution >= 4 is 29.2 Å². The average molecular weight is 395 g/mol. The first-order valence-corrected chi connectivity index (χ1v) is 9.07. The van der Waals surface area contributed by atoms with Crippen LogP contribution >= 0.6 is 0 Å². The molecule has 0 spiro atoms. The number of methoxy groups -OCH3 is 1. The van der Waals surface area contributed by atoms with Gasteiger partial charge in [0.2, 0.25) is 5.95 Å². The Balaban J connectivity index is 1.91.